The minimum absolute atomic E-state index is 0.237. The van der Waals surface area contributed by atoms with Crippen LogP contribution in [0.1, 0.15) is 12.7 Å². The number of H-pyrrole nitrogens is 1. The maximum atomic E-state index is 13.9. The highest BCUT2D eigenvalue weighted by Gasteiger charge is 2.18. The normalized spacial score (nSPS) is 12.5. The Labute approximate surface area is 126 Å². The molecule has 0 aliphatic carbocycles. The average molecular weight is 301 g/mol. The summed E-state index contributed by atoms with van der Waals surface area (Å²) in [5, 5.41) is 13.8. The molecule has 2 aromatic heterocycles. The van der Waals surface area contributed by atoms with Gasteiger partial charge in [0.05, 0.1) is 17.5 Å². The van der Waals surface area contributed by atoms with Crippen molar-refractivity contribution in [2.45, 2.75) is 19.4 Å². The fourth-order valence-corrected chi connectivity index (χ4v) is 2.14. The van der Waals surface area contributed by atoms with Crippen LogP contribution in [0.2, 0.25) is 0 Å². The van der Waals surface area contributed by atoms with Gasteiger partial charge in [0.15, 0.2) is 5.82 Å². The molecular weight excluding hydrogens is 285 g/mol. The van der Waals surface area contributed by atoms with E-state index in [4.69, 9.17) is 4.52 Å². The summed E-state index contributed by atoms with van der Waals surface area (Å²) in [6.45, 7) is 2.03. The van der Waals surface area contributed by atoms with Crippen LogP contribution in [0, 0.1) is 5.82 Å². The van der Waals surface area contributed by atoms with Gasteiger partial charge in [0.25, 0.3) is 5.89 Å². The highest BCUT2D eigenvalue weighted by atomic mass is 19.1. The van der Waals surface area contributed by atoms with E-state index < -0.39 is 0 Å². The molecule has 0 aliphatic heterocycles. The second kappa shape index (κ2) is 6.07. The molecule has 114 valence electrons. The zero-order valence-corrected chi connectivity index (χ0v) is 12.3. The van der Waals surface area contributed by atoms with Gasteiger partial charge in [-0.3, -0.25) is 5.10 Å². The summed E-state index contributed by atoms with van der Waals surface area (Å²) in [5.74, 6) is 0.583. The first-order valence-electron chi connectivity index (χ1n) is 6.97. The highest BCUT2D eigenvalue weighted by Crippen LogP contribution is 2.30. The molecule has 0 fully saturated rings. The van der Waals surface area contributed by atoms with E-state index in [2.05, 4.69) is 25.7 Å². The minimum Gasteiger partial charge on any atom is -0.334 e. The van der Waals surface area contributed by atoms with Crippen molar-refractivity contribution in [3.05, 3.63) is 42.1 Å². The Bertz CT molecular complexity index is 767. The zero-order valence-electron chi connectivity index (χ0n) is 12.3. The van der Waals surface area contributed by atoms with Crippen molar-refractivity contribution in [3.8, 4) is 22.7 Å². The number of hydrogen-bond donors (Lipinski definition) is 2. The van der Waals surface area contributed by atoms with Gasteiger partial charge in [-0.1, -0.05) is 17.3 Å². The summed E-state index contributed by atoms with van der Waals surface area (Å²) in [4.78, 5) is 4.36. The predicted molar refractivity (Wildman–Crippen MR) is 79.5 cm³/mol. The molecule has 0 spiro atoms. The first-order valence-corrected chi connectivity index (χ1v) is 6.97. The van der Waals surface area contributed by atoms with E-state index in [1.807, 2.05) is 14.0 Å². The number of aromatic nitrogens is 4. The Hall–Kier alpha value is -2.54. The lowest BCUT2D eigenvalue weighted by Crippen LogP contribution is -2.24. The monoisotopic (exact) mass is 301 g/mol. The predicted octanol–water partition coefficient (Wildman–Crippen LogP) is 2.42. The zero-order chi connectivity index (χ0) is 15.5. The molecule has 1 aromatic carbocycles. The molecule has 0 bridgehead atoms. The highest BCUT2D eigenvalue weighted by molar-refractivity contribution is 5.76. The van der Waals surface area contributed by atoms with Crippen LogP contribution in [-0.2, 0) is 6.42 Å². The molecule has 1 unspecified atom stereocenters. The number of halogens is 1. The summed E-state index contributed by atoms with van der Waals surface area (Å²) in [6, 6.07) is 6.71. The quantitative estimate of drug-likeness (QED) is 0.756. The molecule has 0 radical (unpaired) electrons. The molecule has 3 aromatic rings. The third-order valence-electron chi connectivity index (χ3n) is 3.46. The van der Waals surface area contributed by atoms with Crippen LogP contribution in [0.4, 0.5) is 4.39 Å². The van der Waals surface area contributed by atoms with Crippen LogP contribution >= 0.6 is 0 Å². The molecule has 2 heterocycles. The molecule has 0 amide bonds. The first-order chi connectivity index (χ1) is 10.7. The van der Waals surface area contributed by atoms with Gasteiger partial charge < -0.3 is 9.84 Å². The van der Waals surface area contributed by atoms with E-state index in [9.17, 15) is 4.39 Å². The number of hydrogen-bond acceptors (Lipinski definition) is 5. The van der Waals surface area contributed by atoms with E-state index in [1.54, 1.807) is 24.4 Å². The van der Waals surface area contributed by atoms with E-state index in [0.717, 1.165) is 0 Å². The van der Waals surface area contributed by atoms with Gasteiger partial charge in [0.2, 0.25) is 0 Å². The second-order valence-corrected chi connectivity index (χ2v) is 5.05. The van der Waals surface area contributed by atoms with Crippen LogP contribution in [0.3, 0.4) is 0 Å². The molecule has 7 heteroatoms. The van der Waals surface area contributed by atoms with Crippen LogP contribution in [0.5, 0.6) is 0 Å². The number of benzene rings is 1. The number of aromatic amines is 1. The van der Waals surface area contributed by atoms with Gasteiger partial charge in [0.1, 0.15) is 5.82 Å². The fourth-order valence-electron chi connectivity index (χ4n) is 2.14. The molecule has 0 saturated heterocycles. The maximum Gasteiger partial charge on any atom is 0.261 e. The summed E-state index contributed by atoms with van der Waals surface area (Å²) < 4.78 is 19.2. The second-order valence-electron chi connectivity index (χ2n) is 5.05. The Balaban J connectivity index is 1.94. The van der Waals surface area contributed by atoms with Crippen molar-refractivity contribution in [1.29, 1.82) is 0 Å². The van der Waals surface area contributed by atoms with Gasteiger partial charge in [-0.15, -0.1) is 0 Å². The molecule has 2 N–H and O–H groups in total. The number of nitrogens with zero attached hydrogens (tertiary/aromatic N) is 3. The van der Waals surface area contributed by atoms with Gasteiger partial charge in [-0.05, 0) is 26.1 Å². The number of likely N-dealkylation sites (N-methyl/N-ethyl adjacent to an activating group) is 1. The van der Waals surface area contributed by atoms with Gasteiger partial charge >= 0.3 is 0 Å². The van der Waals surface area contributed by atoms with Crippen molar-refractivity contribution >= 4 is 0 Å². The fraction of sp³-hybridized carbons (Fsp3) is 0.267. The lowest BCUT2D eigenvalue weighted by molar-refractivity contribution is 0.418. The largest absolute Gasteiger partial charge is 0.334 e. The lowest BCUT2D eigenvalue weighted by Gasteiger charge is -2.04. The smallest absolute Gasteiger partial charge is 0.261 e. The van der Waals surface area contributed by atoms with Crippen LogP contribution < -0.4 is 5.32 Å². The summed E-state index contributed by atoms with van der Waals surface area (Å²) in [5.41, 5.74) is 1.52. The SMILES string of the molecule is CNC(C)Cc1noc(-c2cn[nH]c2-c2ccccc2F)n1. The molecule has 3 rings (SSSR count). The summed E-state index contributed by atoms with van der Waals surface area (Å²) >= 11 is 0. The van der Waals surface area contributed by atoms with Gasteiger partial charge in [-0.25, -0.2) is 4.39 Å². The van der Waals surface area contributed by atoms with Crippen LogP contribution in [-0.4, -0.2) is 33.4 Å². The standard InChI is InChI=1S/C15H16FN5O/c1-9(17-2)7-13-19-15(22-21-13)11-8-18-20-14(11)10-5-3-4-6-12(10)16/h3-6,8-9,17H,7H2,1-2H3,(H,18,20). The van der Waals surface area contributed by atoms with Crippen LogP contribution in [0.25, 0.3) is 22.7 Å². The molecule has 0 saturated carbocycles. The lowest BCUT2D eigenvalue weighted by atomic mass is 10.1. The topological polar surface area (TPSA) is 79.6 Å². The minimum atomic E-state index is -0.337. The average Bonchev–Trinajstić information content (AvgIpc) is 3.16. The van der Waals surface area contributed by atoms with Gasteiger partial charge in [0, 0.05) is 18.0 Å². The van der Waals surface area contributed by atoms with Crippen molar-refractivity contribution in [3.63, 3.8) is 0 Å². The Kier molecular flexibility index (Phi) is 3.97. The van der Waals surface area contributed by atoms with Crippen molar-refractivity contribution < 1.29 is 8.91 Å². The number of nitrogens with one attached hydrogen (secondary N) is 2. The first kappa shape index (κ1) is 14.4. The Morgan fingerprint density at radius 1 is 1.32 bits per heavy atom. The van der Waals surface area contributed by atoms with E-state index in [-0.39, 0.29) is 11.9 Å². The van der Waals surface area contributed by atoms with E-state index in [1.165, 1.54) is 6.07 Å². The third-order valence-corrected chi connectivity index (χ3v) is 3.46. The van der Waals surface area contributed by atoms with Gasteiger partial charge in [-0.2, -0.15) is 10.1 Å². The van der Waals surface area contributed by atoms with Crippen molar-refractivity contribution in [2.75, 3.05) is 7.05 Å². The van der Waals surface area contributed by atoms with Crippen molar-refractivity contribution in [2.24, 2.45) is 0 Å². The molecule has 6 nitrogen and oxygen atoms in total. The van der Waals surface area contributed by atoms with Crippen LogP contribution in [0.15, 0.2) is 35.0 Å². The maximum absolute atomic E-state index is 13.9. The number of rotatable bonds is 5. The Morgan fingerprint density at radius 3 is 2.91 bits per heavy atom. The molecule has 22 heavy (non-hydrogen) atoms. The Morgan fingerprint density at radius 2 is 2.14 bits per heavy atom. The molecular formula is C15H16FN5O. The summed E-state index contributed by atoms with van der Waals surface area (Å²) in [6.07, 6.45) is 2.20. The molecule has 0 aliphatic rings. The van der Waals surface area contributed by atoms with Crippen molar-refractivity contribution in [1.82, 2.24) is 25.7 Å². The summed E-state index contributed by atoms with van der Waals surface area (Å²) in [7, 11) is 1.87. The van der Waals surface area contributed by atoms with E-state index in [0.29, 0.717) is 35.0 Å². The van der Waals surface area contributed by atoms with E-state index >= 15 is 0 Å². The third kappa shape index (κ3) is 2.75. The molecule has 1 atom stereocenters.